The summed E-state index contributed by atoms with van der Waals surface area (Å²) in [6, 6.07) is 0. The molecule has 12 heavy (non-hydrogen) atoms. The van der Waals surface area contributed by atoms with Gasteiger partial charge in [-0.25, -0.2) is 0 Å². The van der Waals surface area contributed by atoms with Crippen molar-refractivity contribution in [3.8, 4) is 0 Å². The van der Waals surface area contributed by atoms with Gasteiger partial charge in [-0.1, -0.05) is 19.1 Å². The Labute approximate surface area is 73.6 Å². The average Bonchev–Trinajstić information content (AvgIpc) is 2.06. The van der Waals surface area contributed by atoms with Gasteiger partial charge in [0.1, 0.15) is 0 Å². The van der Waals surface area contributed by atoms with Crippen molar-refractivity contribution < 1.29 is 9.53 Å². The van der Waals surface area contributed by atoms with E-state index in [0.29, 0.717) is 12.5 Å². The fourth-order valence-corrected chi connectivity index (χ4v) is 1.40. The van der Waals surface area contributed by atoms with E-state index in [4.69, 9.17) is 4.74 Å². The van der Waals surface area contributed by atoms with Crippen LogP contribution in [0, 0.1) is 11.8 Å². The Kier molecular flexibility index (Phi) is 3.32. The molecule has 2 atom stereocenters. The number of ether oxygens (including phenoxy) is 1. The molecule has 0 aliphatic heterocycles. The van der Waals surface area contributed by atoms with E-state index >= 15 is 0 Å². The number of allylic oxidation sites excluding steroid dienone is 1. The largest absolute Gasteiger partial charge is 0.466 e. The van der Waals surface area contributed by atoms with E-state index in [-0.39, 0.29) is 11.9 Å². The van der Waals surface area contributed by atoms with Crippen LogP contribution in [0.1, 0.15) is 26.7 Å². The zero-order valence-electron chi connectivity index (χ0n) is 7.75. The minimum Gasteiger partial charge on any atom is -0.466 e. The molecule has 0 N–H and O–H groups in total. The summed E-state index contributed by atoms with van der Waals surface area (Å²) in [6.07, 6.45) is 6.12. The molecule has 0 aromatic heterocycles. The van der Waals surface area contributed by atoms with Crippen molar-refractivity contribution in [2.45, 2.75) is 26.7 Å². The van der Waals surface area contributed by atoms with Crippen LogP contribution in [0.2, 0.25) is 0 Å². The Balaban J connectivity index is 2.43. The SMILES string of the molecule is CCOC(=O)C1C=CC(C)CC1. The Bertz CT molecular complexity index is 184. The number of hydrogen-bond donors (Lipinski definition) is 0. The van der Waals surface area contributed by atoms with Gasteiger partial charge in [-0.05, 0) is 25.7 Å². The number of rotatable bonds is 2. The molecule has 0 saturated heterocycles. The predicted octanol–water partition coefficient (Wildman–Crippen LogP) is 2.15. The molecule has 1 rings (SSSR count). The lowest BCUT2D eigenvalue weighted by Crippen LogP contribution is -2.19. The number of carbonyl (C=O) groups is 1. The summed E-state index contributed by atoms with van der Waals surface area (Å²) in [5, 5.41) is 0. The van der Waals surface area contributed by atoms with E-state index in [2.05, 4.69) is 13.0 Å². The molecule has 2 nitrogen and oxygen atoms in total. The van der Waals surface area contributed by atoms with Gasteiger partial charge >= 0.3 is 5.97 Å². The maximum atomic E-state index is 11.2. The lowest BCUT2D eigenvalue weighted by atomic mass is 9.90. The average molecular weight is 168 g/mol. The molecule has 0 radical (unpaired) electrons. The molecule has 1 aliphatic rings. The molecule has 1 aliphatic carbocycles. The summed E-state index contributed by atoms with van der Waals surface area (Å²) < 4.78 is 4.93. The number of esters is 1. The number of hydrogen-bond acceptors (Lipinski definition) is 2. The summed E-state index contributed by atoms with van der Waals surface area (Å²) in [5.74, 6) is 0.567. The van der Waals surface area contributed by atoms with Crippen molar-refractivity contribution in [1.82, 2.24) is 0 Å². The second kappa shape index (κ2) is 4.29. The quantitative estimate of drug-likeness (QED) is 0.466. The van der Waals surface area contributed by atoms with E-state index in [9.17, 15) is 4.79 Å². The van der Waals surface area contributed by atoms with Gasteiger partial charge in [-0.15, -0.1) is 0 Å². The van der Waals surface area contributed by atoms with E-state index in [1.54, 1.807) is 0 Å². The second-order valence-electron chi connectivity index (χ2n) is 3.30. The zero-order chi connectivity index (χ0) is 8.97. The first-order valence-electron chi connectivity index (χ1n) is 4.59. The topological polar surface area (TPSA) is 26.3 Å². The molecule has 0 saturated carbocycles. The van der Waals surface area contributed by atoms with Crippen LogP contribution in [0.25, 0.3) is 0 Å². The second-order valence-corrected chi connectivity index (χ2v) is 3.30. The van der Waals surface area contributed by atoms with Crippen molar-refractivity contribution in [3.05, 3.63) is 12.2 Å². The summed E-state index contributed by atoms with van der Waals surface area (Å²) in [4.78, 5) is 11.2. The van der Waals surface area contributed by atoms with Crippen LogP contribution in [-0.4, -0.2) is 12.6 Å². The maximum Gasteiger partial charge on any atom is 0.312 e. The summed E-state index contributed by atoms with van der Waals surface area (Å²) in [7, 11) is 0. The summed E-state index contributed by atoms with van der Waals surface area (Å²) >= 11 is 0. The first kappa shape index (κ1) is 9.30. The van der Waals surface area contributed by atoms with Crippen LogP contribution in [0.15, 0.2) is 12.2 Å². The highest BCUT2D eigenvalue weighted by molar-refractivity contribution is 5.74. The van der Waals surface area contributed by atoms with Crippen LogP contribution in [0.5, 0.6) is 0 Å². The molecule has 0 fully saturated rings. The van der Waals surface area contributed by atoms with Crippen LogP contribution in [0.3, 0.4) is 0 Å². The molecule has 0 aromatic carbocycles. The molecule has 68 valence electrons. The smallest absolute Gasteiger partial charge is 0.312 e. The van der Waals surface area contributed by atoms with Crippen molar-refractivity contribution in [3.63, 3.8) is 0 Å². The first-order valence-corrected chi connectivity index (χ1v) is 4.59. The van der Waals surface area contributed by atoms with E-state index in [0.717, 1.165) is 12.8 Å². The summed E-state index contributed by atoms with van der Waals surface area (Å²) in [6.45, 7) is 4.49. The number of carbonyl (C=O) groups excluding carboxylic acids is 1. The molecule has 0 heterocycles. The van der Waals surface area contributed by atoms with Crippen LogP contribution in [0.4, 0.5) is 0 Å². The molecule has 2 heteroatoms. The third kappa shape index (κ3) is 2.36. The van der Waals surface area contributed by atoms with E-state index < -0.39 is 0 Å². The molecule has 0 bridgehead atoms. The third-order valence-electron chi connectivity index (χ3n) is 2.19. The molecular formula is C10H16O2. The van der Waals surface area contributed by atoms with Gasteiger partial charge in [-0.2, -0.15) is 0 Å². The van der Waals surface area contributed by atoms with Crippen LogP contribution in [-0.2, 0) is 9.53 Å². The van der Waals surface area contributed by atoms with Gasteiger partial charge in [0.25, 0.3) is 0 Å². The highest BCUT2D eigenvalue weighted by atomic mass is 16.5. The monoisotopic (exact) mass is 168 g/mol. The minimum absolute atomic E-state index is 0.0150. The predicted molar refractivity (Wildman–Crippen MR) is 47.7 cm³/mol. The summed E-state index contributed by atoms with van der Waals surface area (Å²) in [5.41, 5.74) is 0. The van der Waals surface area contributed by atoms with Crippen LogP contribution >= 0.6 is 0 Å². The van der Waals surface area contributed by atoms with Gasteiger partial charge in [0, 0.05) is 0 Å². The van der Waals surface area contributed by atoms with Gasteiger partial charge in [-0.3, -0.25) is 4.79 Å². The minimum atomic E-state index is -0.0688. The third-order valence-corrected chi connectivity index (χ3v) is 2.19. The highest BCUT2D eigenvalue weighted by Gasteiger charge is 2.20. The highest BCUT2D eigenvalue weighted by Crippen LogP contribution is 2.22. The fraction of sp³-hybridized carbons (Fsp3) is 0.700. The zero-order valence-corrected chi connectivity index (χ0v) is 7.75. The Morgan fingerprint density at radius 1 is 1.50 bits per heavy atom. The Morgan fingerprint density at radius 3 is 2.75 bits per heavy atom. The Morgan fingerprint density at radius 2 is 2.25 bits per heavy atom. The molecule has 0 amide bonds. The molecular weight excluding hydrogens is 152 g/mol. The van der Waals surface area contributed by atoms with Gasteiger partial charge in [0.05, 0.1) is 12.5 Å². The van der Waals surface area contributed by atoms with Crippen molar-refractivity contribution in [2.24, 2.45) is 11.8 Å². The van der Waals surface area contributed by atoms with Gasteiger partial charge in [0.15, 0.2) is 0 Å². The standard InChI is InChI=1S/C10H16O2/c1-3-12-10(11)9-6-4-8(2)5-7-9/h4,6,8-9H,3,5,7H2,1-2H3. The normalized spacial score (nSPS) is 28.5. The fourth-order valence-electron chi connectivity index (χ4n) is 1.40. The van der Waals surface area contributed by atoms with Gasteiger partial charge in [0.2, 0.25) is 0 Å². The van der Waals surface area contributed by atoms with Crippen molar-refractivity contribution >= 4 is 5.97 Å². The first-order chi connectivity index (χ1) is 5.74. The Hall–Kier alpha value is -0.790. The molecule has 0 spiro atoms. The molecule has 2 unspecified atom stereocenters. The van der Waals surface area contributed by atoms with E-state index in [1.165, 1.54) is 0 Å². The van der Waals surface area contributed by atoms with Crippen LogP contribution < -0.4 is 0 Å². The van der Waals surface area contributed by atoms with Crippen molar-refractivity contribution in [1.29, 1.82) is 0 Å². The lowest BCUT2D eigenvalue weighted by Gasteiger charge is -2.18. The van der Waals surface area contributed by atoms with Gasteiger partial charge < -0.3 is 4.74 Å². The van der Waals surface area contributed by atoms with Crippen molar-refractivity contribution in [2.75, 3.05) is 6.61 Å². The maximum absolute atomic E-state index is 11.2. The lowest BCUT2D eigenvalue weighted by molar-refractivity contribution is -0.146. The molecule has 0 aromatic rings. The van der Waals surface area contributed by atoms with E-state index in [1.807, 2.05) is 13.0 Å².